The normalized spacial score (nSPS) is 30.8. The third kappa shape index (κ3) is 2.29. The number of imide groups is 1. The number of rotatable bonds is 1. The third-order valence-corrected chi connectivity index (χ3v) is 8.48. The average Bonchev–Trinajstić information content (AvgIpc) is 3.46. The van der Waals surface area contributed by atoms with Gasteiger partial charge < -0.3 is 5.32 Å². The zero-order valence-corrected chi connectivity index (χ0v) is 19.3. The summed E-state index contributed by atoms with van der Waals surface area (Å²) in [5.41, 5.74) is 1.11. The van der Waals surface area contributed by atoms with Gasteiger partial charge in [0, 0.05) is 21.7 Å². The van der Waals surface area contributed by atoms with E-state index in [1.165, 1.54) is 6.07 Å². The van der Waals surface area contributed by atoms with Gasteiger partial charge in [0.25, 0.3) is 0 Å². The van der Waals surface area contributed by atoms with E-state index in [0.29, 0.717) is 27.8 Å². The van der Waals surface area contributed by atoms with Crippen molar-refractivity contribution < 1.29 is 14.4 Å². The number of carbonyl (C=O) groups excluding carboxylic acids is 3. The molecule has 1 N–H and O–H groups in total. The minimum atomic E-state index is -1.25. The van der Waals surface area contributed by atoms with Crippen LogP contribution >= 0.6 is 34.8 Å². The summed E-state index contributed by atoms with van der Waals surface area (Å²) in [6.07, 6.45) is 1.60. The van der Waals surface area contributed by atoms with Gasteiger partial charge in [0.1, 0.15) is 5.54 Å². The van der Waals surface area contributed by atoms with Gasteiger partial charge >= 0.3 is 0 Å². The standard InChI is InChI=1S/C23H18Cl3N3O3/c1-10-13(25)7-5-12-19(10)27-22(32)23(12)18-17(15-3-2-8-28(15)23)20(30)29(21(18)31)16-9-11(24)4-6-14(16)26/h4-7,9,15,17-18H,2-3,8H2,1H3,(H,27,32). The maximum atomic E-state index is 13.9. The molecule has 0 aromatic heterocycles. The molecule has 9 heteroatoms. The van der Waals surface area contributed by atoms with E-state index in [9.17, 15) is 14.4 Å². The maximum absolute atomic E-state index is 13.9. The Kier molecular flexibility index (Phi) is 4.29. The van der Waals surface area contributed by atoms with Gasteiger partial charge in [-0.05, 0) is 56.1 Å². The maximum Gasteiger partial charge on any atom is 0.250 e. The minimum absolute atomic E-state index is 0.202. The van der Waals surface area contributed by atoms with E-state index >= 15 is 0 Å². The Hall–Kier alpha value is -2.12. The highest BCUT2D eigenvalue weighted by atomic mass is 35.5. The summed E-state index contributed by atoms with van der Waals surface area (Å²) in [6.45, 7) is 2.48. The van der Waals surface area contributed by atoms with Crippen molar-refractivity contribution in [3.8, 4) is 0 Å². The molecule has 4 atom stereocenters. The van der Waals surface area contributed by atoms with Crippen LogP contribution in [0.15, 0.2) is 30.3 Å². The second kappa shape index (κ2) is 6.70. The van der Waals surface area contributed by atoms with Crippen molar-refractivity contribution in [1.29, 1.82) is 0 Å². The quantitative estimate of drug-likeness (QED) is 0.602. The SMILES string of the molecule is Cc1c(Cl)ccc2c1NC(=O)C21C2C(=O)N(c3cc(Cl)ccc3Cl)C(=O)C2C2CCCN21. The fraction of sp³-hybridized carbons (Fsp3) is 0.348. The first-order chi connectivity index (χ1) is 15.3. The number of hydrogen-bond acceptors (Lipinski definition) is 4. The third-order valence-electron chi connectivity index (χ3n) is 7.51. The molecule has 3 fully saturated rings. The van der Waals surface area contributed by atoms with Crippen LogP contribution in [-0.2, 0) is 19.9 Å². The van der Waals surface area contributed by atoms with Crippen LogP contribution in [0.5, 0.6) is 0 Å². The van der Waals surface area contributed by atoms with E-state index in [4.69, 9.17) is 34.8 Å². The van der Waals surface area contributed by atoms with E-state index in [1.54, 1.807) is 18.2 Å². The zero-order chi connectivity index (χ0) is 22.5. The summed E-state index contributed by atoms with van der Waals surface area (Å²) < 4.78 is 0. The van der Waals surface area contributed by atoms with Gasteiger partial charge in [-0.25, -0.2) is 4.90 Å². The lowest BCUT2D eigenvalue weighted by Gasteiger charge is -2.36. The van der Waals surface area contributed by atoms with Crippen molar-refractivity contribution >= 4 is 63.9 Å². The van der Waals surface area contributed by atoms with E-state index in [1.807, 2.05) is 13.0 Å². The van der Waals surface area contributed by atoms with Crippen molar-refractivity contribution in [3.05, 3.63) is 56.5 Å². The number of anilines is 2. The Morgan fingerprint density at radius 3 is 2.56 bits per heavy atom. The predicted octanol–water partition coefficient (Wildman–Crippen LogP) is 4.39. The molecule has 2 aromatic rings. The lowest BCUT2D eigenvalue weighted by Crippen LogP contribution is -2.54. The highest BCUT2D eigenvalue weighted by Gasteiger charge is 2.74. The van der Waals surface area contributed by atoms with Crippen molar-refractivity contribution in [2.45, 2.75) is 31.3 Å². The van der Waals surface area contributed by atoms with Gasteiger partial charge in [-0.1, -0.05) is 40.9 Å². The smallest absolute Gasteiger partial charge is 0.250 e. The molecule has 6 nitrogen and oxygen atoms in total. The van der Waals surface area contributed by atoms with Gasteiger partial charge in [-0.2, -0.15) is 0 Å². The second-order valence-corrected chi connectivity index (χ2v) is 10.1. The van der Waals surface area contributed by atoms with Crippen LogP contribution in [0.2, 0.25) is 15.1 Å². The number of carbonyl (C=O) groups is 3. The summed E-state index contributed by atoms with van der Waals surface area (Å²) in [6, 6.07) is 8.05. The van der Waals surface area contributed by atoms with Crippen LogP contribution in [0, 0.1) is 18.8 Å². The first-order valence-corrected chi connectivity index (χ1v) is 11.6. The van der Waals surface area contributed by atoms with Gasteiger partial charge in [0.05, 0.1) is 28.2 Å². The number of fused-ring (bicyclic) bond motifs is 7. The Balaban J connectivity index is 1.58. The minimum Gasteiger partial charge on any atom is -0.324 e. The van der Waals surface area contributed by atoms with E-state index in [2.05, 4.69) is 10.2 Å². The Morgan fingerprint density at radius 2 is 1.78 bits per heavy atom. The Labute approximate surface area is 199 Å². The Morgan fingerprint density at radius 1 is 1.03 bits per heavy atom. The number of amides is 3. The molecule has 0 saturated carbocycles. The first kappa shape index (κ1) is 20.5. The number of benzene rings is 2. The summed E-state index contributed by atoms with van der Waals surface area (Å²) in [5, 5.41) is 4.14. The van der Waals surface area contributed by atoms with Gasteiger partial charge in [-0.15, -0.1) is 0 Å². The molecular formula is C23H18Cl3N3O3. The van der Waals surface area contributed by atoms with Crippen molar-refractivity contribution in [2.24, 2.45) is 11.8 Å². The molecule has 32 heavy (non-hydrogen) atoms. The van der Waals surface area contributed by atoms with Crippen LogP contribution in [0.3, 0.4) is 0 Å². The van der Waals surface area contributed by atoms with Crippen molar-refractivity contribution in [3.63, 3.8) is 0 Å². The van der Waals surface area contributed by atoms with E-state index < -0.39 is 23.3 Å². The predicted molar refractivity (Wildman–Crippen MR) is 122 cm³/mol. The molecule has 4 unspecified atom stereocenters. The zero-order valence-electron chi connectivity index (χ0n) is 17.0. The highest BCUT2D eigenvalue weighted by molar-refractivity contribution is 6.38. The number of nitrogens with zero attached hydrogens (tertiary/aromatic N) is 2. The van der Waals surface area contributed by atoms with Crippen LogP contribution in [-0.4, -0.2) is 35.2 Å². The number of hydrogen-bond donors (Lipinski definition) is 1. The van der Waals surface area contributed by atoms with Crippen LogP contribution in [0.1, 0.15) is 24.0 Å². The van der Waals surface area contributed by atoms with Crippen LogP contribution in [0.25, 0.3) is 0 Å². The molecule has 4 heterocycles. The van der Waals surface area contributed by atoms with Crippen LogP contribution < -0.4 is 10.2 Å². The molecule has 0 radical (unpaired) electrons. The molecule has 0 aliphatic carbocycles. The topological polar surface area (TPSA) is 69.7 Å². The highest BCUT2D eigenvalue weighted by Crippen LogP contribution is 2.61. The molecule has 4 aliphatic heterocycles. The average molecular weight is 491 g/mol. The molecule has 164 valence electrons. The molecule has 6 rings (SSSR count). The first-order valence-electron chi connectivity index (χ1n) is 10.5. The summed E-state index contributed by atoms with van der Waals surface area (Å²) >= 11 is 18.8. The molecule has 1 spiro atoms. The van der Waals surface area contributed by atoms with Crippen molar-refractivity contribution in [1.82, 2.24) is 4.90 Å². The molecule has 3 saturated heterocycles. The molecule has 2 aromatic carbocycles. The van der Waals surface area contributed by atoms with Gasteiger partial charge in [0.15, 0.2) is 0 Å². The summed E-state index contributed by atoms with van der Waals surface area (Å²) in [5.74, 6) is -2.51. The summed E-state index contributed by atoms with van der Waals surface area (Å²) in [4.78, 5) is 44.5. The fourth-order valence-electron chi connectivity index (χ4n) is 6.29. The largest absolute Gasteiger partial charge is 0.324 e. The molecule has 3 amide bonds. The number of nitrogens with one attached hydrogen (secondary N) is 1. The Bertz CT molecular complexity index is 1250. The van der Waals surface area contributed by atoms with E-state index in [0.717, 1.165) is 23.3 Å². The van der Waals surface area contributed by atoms with Gasteiger partial charge in [-0.3, -0.25) is 19.3 Å². The second-order valence-electron chi connectivity index (χ2n) is 8.83. The van der Waals surface area contributed by atoms with Crippen molar-refractivity contribution in [2.75, 3.05) is 16.8 Å². The number of halogens is 3. The molecule has 0 bridgehead atoms. The van der Waals surface area contributed by atoms with Gasteiger partial charge in [0.2, 0.25) is 17.7 Å². The lowest BCUT2D eigenvalue weighted by molar-refractivity contribution is -0.135. The van der Waals surface area contributed by atoms with Crippen LogP contribution in [0.4, 0.5) is 11.4 Å². The molecule has 4 aliphatic rings. The summed E-state index contributed by atoms with van der Waals surface area (Å²) in [7, 11) is 0. The lowest BCUT2D eigenvalue weighted by atomic mass is 9.75. The van der Waals surface area contributed by atoms with E-state index in [-0.39, 0.29) is 28.6 Å². The molecular weight excluding hydrogens is 473 g/mol. The monoisotopic (exact) mass is 489 g/mol. The fourth-order valence-corrected chi connectivity index (χ4v) is 6.81.